The fourth-order valence-corrected chi connectivity index (χ4v) is 10.7. The van der Waals surface area contributed by atoms with Crippen LogP contribution in [0.3, 0.4) is 0 Å². The molecule has 0 rings (SSSR count). The van der Waals surface area contributed by atoms with Crippen molar-refractivity contribution in [3.8, 4) is 0 Å². The summed E-state index contributed by atoms with van der Waals surface area (Å²) in [4.78, 5) is 38.3. The average Bonchev–Trinajstić information content (AvgIpc) is 3.43. The first kappa shape index (κ1) is 74.9. The van der Waals surface area contributed by atoms with E-state index in [2.05, 4.69) is 45.1 Å². The number of ether oxygens (including phenoxy) is 3. The number of esters is 3. The van der Waals surface area contributed by atoms with Crippen LogP contribution in [0.1, 0.15) is 393 Å². The number of rotatable bonds is 65. The molecule has 0 radical (unpaired) electrons. The van der Waals surface area contributed by atoms with Crippen LogP contribution >= 0.6 is 0 Å². The number of hydrogen-bond donors (Lipinski definition) is 0. The third-order valence-electron chi connectivity index (χ3n) is 15.9. The van der Waals surface area contributed by atoms with E-state index < -0.39 is 6.10 Å². The Morgan fingerprint density at radius 3 is 0.701 bits per heavy atom. The van der Waals surface area contributed by atoms with Crippen molar-refractivity contribution in [1.29, 1.82) is 0 Å². The third-order valence-corrected chi connectivity index (χ3v) is 15.9. The summed E-state index contributed by atoms with van der Waals surface area (Å²) in [6.45, 7) is 6.65. The lowest BCUT2D eigenvalue weighted by molar-refractivity contribution is -0.167. The molecule has 0 aliphatic rings. The summed E-state index contributed by atoms with van der Waals surface area (Å²) in [7, 11) is 0. The SMILES string of the molecule is CCC/C=C\CCCCCCCC(=O)OCC(COC(=O)CCCCCCCCCCCCCCC/C=C\CCCCCCCCCC)OC(=O)CCCCCCCCCCCCCCCCCCCCCCCCCC. The Morgan fingerprint density at radius 2 is 0.455 bits per heavy atom. The average molecular weight is 1080 g/mol. The van der Waals surface area contributed by atoms with Gasteiger partial charge in [-0.3, -0.25) is 14.4 Å². The molecule has 0 spiro atoms. The highest BCUT2D eigenvalue weighted by Gasteiger charge is 2.19. The number of allylic oxidation sites excluding steroid dienone is 4. The highest BCUT2D eigenvalue weighted by molar-refractivity contribution is 5.71. The minimum absolute atomic E-state index is 0.0687. The summed E-state index contributed by atoms with van der Waals surface area (Å²) >= 11 is 0. The van der Waals surface area contributed by atoms with Crippen LogP contribution < -0.4 is 0 Å². The molecule has 0 aliphatic carbocycles. The Labute approximate surface area is 481 Å². The Hall–Kier alpha value is -2.11. The van der Waals surface area contributed by atoms with E-state index in [4.69, 9.17) is 14.2 Å². The van der Waals surface area contributed by atoms with Gasteiger partial charge in [0.2, 0.25) is 0 Å². The smallest absolute Gasteiger partial charge is 0.306 e. The van der Waals surface area contributed by atoms with E-state index >= 15 is 0 Å². The number of carbonyl (C=O) groups is 3. The van der Waals surface area contributed by atoms with Crippen LogP contribution in [0.25, 0.3) is 0 Å². The fraction of sp³-hybridized carbons (Fsp3) is 0.901. The van der Waals surface area contributed by atoms with Crippen LogP contribution in [-0.2, 0) is 28.6 Å². The molecule has 6 nitrogen and oxygen atoms in total. The largest absolute Gasteiger partial charge is 0.462 e. The van der Waals surface area contributed by atoms with E-state index in [0.717, 1.165) is 70.6 Å². The van der Waals surface area contributed by atoms with E-state index in [1.54, 1.807) is 0 Å². The minimum atomic E-state index is -0.771. The normalized spacial score (nSPS) is 12.1. The summed E-state index contributed by atoms with van der Waals surface area (Å²) < 4.78 is 16.9. The first-order chi connectivity index (χ1) is 38.0. The van der Waals surface area contributed by atoms with Crippen molar-refractivity contribution in [3.63, 3.8) is 0 Å². The predicted molar refractivity (Wildman–Crippen MR) is 335 cm³/mol. The maximum atomic E-state index is 12.9. The van der Waals surface area contributed by atoms with Crippen molar-refractivity contribution < 1.29 is 28.6 Å². The van der Waals surface area contributed by atoms with Gasteiger partial charge in [0.05, 0.1) is 0 Å². The lowest BCUT2D eigenvalue weighted by Gasteiger charge is -2.18. The summed E-state index contributed by atoms with van der Waals surface area (Å²) in [6, 6.07) is 0. The lowest BCUT2D eigenvalue weighted by Crippen LogP contribution is -2.30. The van der Waals surface area contributed by atoms with Crippen LogP contribution in [0.4, 0.5) is 0 Å². The fourth-order valence-electron chi connectivity index (χ4n) is 10.7. The molecular formula is C71H134O6. The van der Waals surface area contributed by atoms with Crippen LogP contribution in [0, 0.1) is 0 Å². The molecule has 1 atom stereocenters. The monoisotopic (exact) mass is 1080 g/mol. The van der Waals surface area contributed by atoms with Crippen molar-refractivity contribution in [2.75, 3.05) is 13.2 Å². The van der Waals surface area contributed by atoms with Crippen molar-refractivity contribution in [2.45, 2.75) is 399 Å². The van der Waals surface area contributed by atoms with Crippen molar-refractivity contribution >= 4 is 17.9 Å². The molecule has 77 heavy (non-hydrogen) atoms. The highest BCUT2D eigenvalue weighted by Crippen LogP contribution is 2.19. The molecule has 0 fully saturated rings. The molecule has 0 aromatic rings. The van der Waals surface area contributed by atoms with Gasteiger partial charge in [0.15, 0.2) is 6.10 Å². The molecule has 0 saturated carbocycles. The van der Waals surface area contributed by atoms with Gasteiger partial charge in [0.1, 0.15) is 13.2 Å². The number of unbranched alkanes of at least 4 members (excludes halogenated alkanes) is 50. The summed E-state index contributed by atoms with van der Waals surface area (Å²) in [6.07, 6.45) is 80.8. The molecular weight excluding hydrogens is 949 g/mol. The maximum Gasteiger partial charge on any atom is 0.306 e. The molecule has 0 heterocycles. The molecule has 454 valence electrons. The van der Waals surface area contributed by atoms with E-state index in [1.807, 2.05) is 0 Å². The van der Waals surface area contributed by atoms with Crippen LogP contribution in [-0.4, -0.2) is 37.2 Å². The van der Waals surface area contributed by atoms with Gasteiger partial charge in [-0.25, -0.2) is 0 Å². The molecule has 1 unspecified atom stereocenters. The molecule has 0 bridgehead atoms. The summed E-state index contributed by atoms with van der Waals surface area (Å²) in [5, 5.41) is 0. The second-order valence-corrected chi connectivity index (χ2v) is 23.8. The zero-order chi connectivity index (χ0) is 55.7. The highest BCUT2D eigenvalue weighted by atomic mass is 16.6. The zero-order valence-corrected chi connectivity index (χ0v) is 52.3. The topological polar surface area (TPSA) is 78.9 Å². The Bertz CT molecular complexity index is 1240. The van der Waals surface area contributed by atoms with Crippen molar-refractivity contribution in [2.24, 2.45) is 0 Å². The van der Waals surface area contributed by atoms with Crippen molar-refractivity contribution in [1.82, 2.24) is 0 Å². The Morgan fingerprint density at radius 1 is 0.247 bits per heavy atom. The van der Waals surface area contributed by atoms with E-state index in [9.17, 15) is 14.4 Å². The summed E-state index contributed by atoms with van der Waals surface area (Å²) in [5.74, 6) is -0.851. The third kappa shape index (κ3) is 64.6. The van der Waals surface area contributed by atoms with E-state index in [-0.39, 0.29) is 31.1 Å². The van der Waals surface area contributed by atoms with Gasteiger partial charge in [-0.15, -0.1) is 0 Å². The van der Waals surface area contributed by atoms with Gasteiger partial charge in [-0.1, -0.05) is 334 Å². The number of hydrogen-bond acceptors (Lipinski definition) is 6. The first-order valence-electron chi connectivity index (χ1n) is 34.8. The van der Waals surface area contributed by atoms with Gasteiger partial charge < -0.3 is 14.2 Å². The van der Waals surface area contributed by atoms with Crippen LogP contribution in [0.15, 0.2) is 24.3 Å². The molecule has 0 aliphatic heterocycles. The molecule has 0 aromatic carbocycles. The predicted octanol–water partition coefficient (Wildman–Crippen LogP) is 23.8. The molecule has 6 heteroatoms. The summed E-state index contributed by atoms with van der Waals surface area (Å²) in [5.41, 5.74) is 0. The minimum Gasteiger partial charge on any atom is -0.462 e. The molecule has 0 N–H and O–H groups in total. The van der Waals surface area contributed by atoms with E-state index in [0.29, 0.717) is 19.3 Å². The molecule has 0 aromatic heterocycles. The Kier molecular flexibility index (Phi) is 64.6. The lowest BCUT2D eigenvalue weighted by atomic mass is 10.0. The molecule has 0 saturated heterocycles. The van der Waals surface area contributed by atoms with Gasteiger partial charge >= 0.3 is 17.9 Å². The van der Waals surface area contributed by atoms with Crippen LogP contribution in [0.2, 0.25) is 0 Å². The second kappa shape index (κ2) is 66.4. The quantitative estimate of drug-likeness (QED) is 0.0261. The first-order valence-corrected chi connectivity index (χ1v) is 34.8. The van der Waals surface area contributed by atoms with Crippen molar-refractivity contribution in [3.05, 3.63) is 24.3 Å². The zero-order valence-electron chi connectivity index (χ0n) is 52.3. The Balaban J connectivity index is 4.14. The number of carbonyl (C=O) groups excluding carboxylic acids is 3. The maximum absolute atomic E-state index is 12.9. The van der Waals surface area contributed by atoms with Crippen LogP contribution in [0.5, 0.6) is 0 Å². The standard InChI is InChI=1S/C71H134O6/c1-4-7-10-13-16-19-22-24-26-28-30-32-34-36-38-39-41-43-45-47-49-52-55-58-61-64-70(73)76-67-68(66-75-69(72)63-60-57-54-51-21-18-15-12-9-6-3)77-71(74)65-62-59-56-53-50-48-46-44-42-40-37-35-33-31-29-27-25-23-20-17-14-11-8-5-2/h12,15,28,30,68H,4-11,13-14,16-27,29,31-67H2,1-3H3/b15-12-,30-28-. The van der Waals surface area contributed by atoms with Gasteiger partial charge in [-0.05, 0) is 64.2 Å². The van der Waals surface area contributed by atoms with Gasteiger partial charge in [-0.2, -0.15) is 0 Å². The van der Waals surface area contributed by atoms with Gasteiger partial charge in [0.25, 0.3) is 0 Å². The second-order valence-electron chi connectivity index (χ2n) is 23.8. The van der Waals surface area contributed by atoms with E-state index in [1.165, 1.54) is 283 Å². The van der Waals surface area contributed by atoms with Gasteiger partial charge in [0, 0.05) is 19.3 Å². The molecule has 0 amide bonds.